The van der Waals surface area contributed by atoms with E-state index in [0.29, 0.717) is 11.3 Å². The molecule has 3 N–H and O–H groups in total. The van der Waals surface area contributed by atoms with E-state index < -0.39 is 27.9 Å². The van der Waals surface area contributed by atoms with Crippen molar-refractivity contribution in [2.75, 3.05) is 5.32 Å². The van der Waals surface area contributed by atoms with Crippen LogP contribution in [0.1, 0.15) is 18.4 Å². The second-order valence-corrected chi connectivity index (χ2v) is 7.35. The van der Waals surface area contributed by atoms with Crippen LogP contribution in [0, 0.1) is 12.3 Å². The van der Waals surface area contributed by atoms with E-state index in [-0.39, 0.29) is 17.7 Å². The van der Waals surface area contributed by atoms with E-state index in [1.165, 1.54) is 24.3 Å². The van der Waals surface area contributed by atoms with Gasteiger partial charge in [0.15, 0.2) is 0 Å². The van der Waals surface area contributed by atoms with Crippen LogP contribution in [0.5, 0.6) is 0 Å². The van der Waals surface area contributed by atoms with Crippen molar-refractivity contribution in [1.29, 1.82) is 0 Å². The summed E-state index contributed by atoms with van der Waals surface area (Å²) in [5.74, 6) is 0.582. The van der Waals surface area contributed by atoms with E-state index in [4.69, 9.17) is 6.42 Å². The molecule has 0 unspecified atom stereocenters. The number of sulfonamides is 1. The fourth-order valence-corrected chi connectivity index (χ4v) is 3.46. The van der Waals surface area contributed by atoms with Crippen LogP contribution in [0.3, 0.4) is 0 Å². The van der Waals surface area contributed by atoms with Crippen LogP contribution in [0.2, 0.25) is 0 Å². The summed E-state index contributed by atoms with van der Waals surface area (Å²) in [6, 6.07) is 12.7. The third-order valence-electron chi connectivity index (χ3n) is 3.64. The fraction of sp³-hybridized carbons (Fsp3) is 0.158. The Morgan fingerprint density at radius 3 is 2.26 bits per heavy atom. The number of aliphatic carboxylic acids is 1. The number of nitrogens with one attached hydrogen (secondary N) is 2. The van der Waals surface area contributed by atoms with Gasteiger partial charge < -0.3 is 10.4 Å². The standard InChI is InChI=1S/C19H18N2O5S/c1-2-14-8-10-16(11-9-14)27(25,26)21-17(19(23)24)12-13-18(22)20-15-6-4-3-5-7-15/h1,3-11,17,21H,12-13H2,(H,20,22)(H,23,24)/t17-/m1/s1. The topological polar surface area (TPSA) is 113 Å². The van der Waals surface area contributed by atoms with Crippen molar-refractivity contribution < 1.29 is 23.1 Å². The summed E-state index contributed by atoms with van der Waals surface area (Å²) in [5.41, 5.74) is 1.07. The van der Waals surface area contributed by atoms with Crippen LogP contribution in [-0.4, -0.2) is 31.4 Å². The maximum absolute atomic E-state index is 12.4. The van der Waals surface area contributed by atoms with E-state index in [1.807, 2.05) is 0 Å². The van der Waals surface area contributed by atoms with E-state index in [0.717, 1.165) is 0 Å². The van der Waals surface area contributed by atoms with Crippen LogP contribution in [0.15, 0.2) is 59.5 Å². The first kappa shape index (κ1) is 20.2. The molecule has 0 saturated heterocycles. The molecule has 140 valence electrons. The minimum atomic E-state index is -4.07. The number of anilines is 1. The molecule has 2 aromatic rings. The maximum Gasteiger partial charge on any atom is 0.321 e. The Hall–Kier alpha value is -3.15. The Bertz CT molecular complexity index is 948. The van der Waals surface area contributed by atoms with Gasteiger partial charge in [-0.05, 0) is 42.8 Å². The van der Waals surface area contributed by atoms with Gasteiger partial charge in [0, 0.05) is 17.7 Å². The lowest BCUT2D eigenvalue weighted by Crippen LogP contribution is -2.41. The molecule has 27 heavy (non-hydrogen) atoms. The first-order chi connectivity index (χ1) is 12.8. The van der Waals surface area contributed by atoms with Crippen LogP contribution in [-0.2, 0) is 19.6 Å². The SMILES string of the molecule is C#Cc1ccc(S(=O)(=O)N[C@H](CCC(=O)Nc2ccccc2)C(=O)O)cc1. The number of carbonyl (C=O) groups is 2. The number of para-hydroxylation sites is 1. The molecule has 1 atom stereocenters. The number of carboxylic acids is 1. The van der Waals surface area contributed by atoms with Crippen LogP contribution < -0.4 is 10.0 Å². The molecule has 0 fully saturated rings. The maximum atomic E-state index is 12.4. The van der Waals surface area contributed by atoms with Crippen molar-refractivity contribution in [2.24, 2.45) is 0 Å². The minimum absolute atomic E-state index is 0.110. The summed E-state index contributed by atoms with van der Waals surface area (Å²) in [7, 11) is -4.07. The summed E-state index contributed by atoms with van der Waals surface area (Å²) in [4.78, 5) is 23.2. The molecule has 0 spiro atoms. The summed E-state index contributed by atoms with van der Waals surface area (Å²) in [6.45, 7) is 0. The Morgan fingerprint density at radius 1 is 1.07 bits per heavy atom. The highest BCUT2D eigenvalue weighted by atomic mass is 32.2. The molecule has 1 amide bonds. The number of carbonyl (C=O) groups excluding carboxylic acids is 1. The highest BCUT2D eigenvalue weighted by Crippen LogP contribution is 2.13. The van der Waals surface area contributed by atoms with Gasteiger partial charge >= 0.3 is 5.97 Å². The summed E-state index contributed by atoms with van der Waals surface area (Å²) in [5, 5.41) is 11.9. The average molecular weight is 386 g/mol. The first-order valence-corrected chi connectivity index (χ1v) is 9.47. The Kier molecular flexibility index (Phi) is 6.71. The van der Waals surface area contributed by atoms with Crippen molar-refractivity contribution in [3.8, 4) is 12.3 Å². The molecule has 2 aromatic carbocycles. The largest absolute Gasteiger partial charge is 0.480 e. The normalized spacial score (nSPS) is 12.0. The van der Waals surface area contributed by atoms with Crippen molar-refractivity contribution >= 4 is 27.6 Å². The summed E-state index contributed by atoms with van der Waals surface area (Å²) in [6.07, 6.45) is 4.86. The fourth-order valence-electron chi connectivity index (χ4n) is 2.24. The third-order valence-corrected chi connectivity index (χ3v) is 5.13. The van der Waals surface area contributed by atoms with Crippen LogP contribution in [0.25, 0.3) is 0 Å². The highest BCUT2D eigenvalue weighted by Gasteiger charge is 2.26. The Labute approximate surface area is 157 Å². The molecule has 0 aliphatic rings. The monoisotopic (exact) mass is 386 g/mol. The molecule has 0 bridgehead atoms. The number of rotatable bonds is 8. The number of amides is 1. The Balaban J connectivity index is 2.01. The quantitative estimate of drug-likeness (QED) is 0.599. The molecule has 0 saturated carbocycles. The van der Waals surface area contributed by atoms with Gasteiger partial charge in [0.05, 0.1) is 4.90 Å². The molecule has 8 heteroatoms. The van der Waals surface area contributed by atoms with Gasteiger partial charge in [-0.2, -0.15) is 4.72 Å². The second-order valence-electron chi connectivity index (χ2n) is 5.63. The zero-order valence-corrected chi connectivity index (χ0v) is 15.1. The van der Waals surface area contributed by atoms with Crippen molar-refractivity contribution in [3.63, 3.8) is 0 Å². The van der Waals surface area contributed by atoms with Gasteiger partial charge in [0.25, 0.3) is 0 Å². The predicted molar refractivity (Wildman–Crippen MR) is 100 cm³/mol. The minimum Gasteiger partial charge on any atom is -0.480 e. The van der Waals surface area contributed by atoms with E-state index in [9.17, 15) is 23.1 Å². The van der Waals surface area contributed by atoms with Gasteiger partial charge in [-0.1, -0.05) is 24.1 Å². The van der Waals surface area contributed by atoms with Gasteiger partial charge in [0.2, 0.25) is 15.9 Å². The lowest BCUT2D eigenvalue weighted by atomic mass is 10.1. The predicted octanol–water partition coefficient (Wildman–Crippen LogP) is 1.82. The molecule has 0 aromatic heterocycles. The van der Waals surface area contributed by atoms with Crippen molar-refractivity contribution in [3.05, 3.63) is 60.2 Å². The summed E-state index contributed by atoms with van der Waals surface area (Å²) < 4.78 is 26.8. The number of hydrogen-bond donors (Lipinski definition) is 3. The van der Waals surface area contributed by atoms with Crippen molar-refractivity contribution in [1.82, 2.24) is 4.72 Å². The van der Waals surface area contributed by atoms with E-state index in [2.05, 4.69) is 16.0 Å². The molecule has 2 rings (SSSR count). The molecular weight excluding hydrogens is 368 g/mol. The number of terminal acetylenes is 1. The Morgan fingerprint density at radius 2 is 1.70 bits per heavy atom. The molecule has 0 aliphatic carbocycles. The highest BCUT2D eigenvalue weighted by molar-refractivity contribution is 7.89. The number of carboxylic acid groups (broad SMARTS) is 1. The summed E-state index contributed by atoms with van der Waals surface area (Å²) >= 11 is 0. The van der Waals surface area contributed by atoms with Crippen molar-refractivity contribution in [2.45, 2.75) is 23.8 Å². The van der Waals surface area contributed by atoms with Crippen LogP contribution in [0.4, 0.5) is 5.69 Å². The smallest absolute Gasteiger partial charge is 0.321 e. The number of benzene rings is 2. The number of hydrogen-bond acceptors (Lipinski definition) is 4. The molecule has 0 aliphatic heterocycles. The van der Waals surface area contributed by atoms with Crippen LogP contribution >= 0.6 is 0 Å². The van der Waals surface area contributed by atoms with Gasteiger partial charge in [-0.15, -0.1) is 6.42 Å². The lowest BCUT2D eigenvalue weighted by molar-refractivity contribution is -0.139. The van der Waals surface area contributed by atoms with Gasteiger partial charge in [-0.25, -0.2) is 8.42 Å². The zero-order chi connectivity index (χ0) is 19.9. The average Bonchev–Trinajstić information content (AvgIpc) is 2.65. The third kappa shape index (κ3) is 5.95. The van der Waals surface area contributed by atoms with E-state index >= 15 is 0 Å². The molecule has 0 heterocycles. The lowest BCUT2D eigenvalue weighted by Gasteiger charge is -2.15. The second kappa shape index (κ2) is 8.98. The molecule has 0 radical (unpaired) electrons. The van der Waals surface area contributed by atoms with Gasteiger partial charge in [0.1, 0.15) is 6.04 Å². The van der Waals surface area contributed by atoms with E-state index in [1.54, 1.807) is 30.3 Å². The zero-order valence-electron chi connectivity index (χ0n) is 14.3. The molecule has 7 nitrogen and oxygen atoms in total. The van der Waals surface area contributed by atoms with Gasteiger partial charge in [-0.3, -0.25) is 9.59 Å². The molecular formula is C19H18N2O5S. The first-order valence-electron chi connectivity index (χ1n) is 7.98.